The molecule has 1 N–H and O–H groups in total. The number of hydrogen-bond acceptors (Lipinski definition) is 7. The minimum Gasteiger partial charge on any atom is -0.456 e. The Kier molecular flexibility index (Phi) is 7.12. The van der Waals surface area contributed by atoms with Crippen LogP contribution in [-0.2, 0) is 28.6 Å². The first-order valence-electron chi connectivity index (χ1n) is 12.6. The Morgan fingerprint density at radius 2 is 1.94 bits per heavy atom. The second-order valence-corrected chi connectivity index (χ2v) is 11.2. The van der Waals surface area contributed by atoms with Gasteiger partial charge in [0.25, 0.3) is 0 Å². The molecule has 2 unspecified atom stereocenters. The van der Waals surface area contributed by atoms with E-state index in [1.807, 2.05) is 6.92 Å². The Labute approximate surface area is 206 Å². The zero-order valence-electron chi connectivity index (χ0n) is 21.1. The van der Waals surface area contributed by atoms with Gasteiger partial charge in [0.15, 0.2) is 17.7 Å². The summed E-state index contributed by atoms with van der Waals surface area (Å²) in [6.45, 7) is 4.82. The fraction of sp³-hybridized carbons (Fsp3) is 0.741. The molecule has 4 aliphatic rings. The zero-order valence-corrected chi connectivity index (χ0v) is 21.1. The van der Waals surface area contributed by atoms with E-state index in [0.717, 1.165) is 12.0 Å². The third-order valence-electron chi connectivity index (χ3n) is 9.44. The highest BCUT2D eigenvalue weighted by atomic mass is 19.1. The number of ketones is 2. The van der Waals surface area contributed by atoms with Crippen molar-refractivity contribution in [2.45, 2.75) is 77.2 Å². The highest BCUT2D eigenvalue weighted by molar-refractivity contribution is 6.01. The number of carbonyl (C=O) groups excluding carboxylic acids is 3. The predicted molar refractivity (Wildman–Crippen MR) is 125 cm³/mol. The molecule has 0 bridgehead atoms. The average molecular weight is 493 g/mol. The first-order valence-corrected chi connectivity index (χ1v) is 12.6. The van der Waals surface area contributed by atoms with Crippen LogP contribution in [0.1, 0.15) is 59.3 Å². The fourth-order valence-corrected chi connectivity index (χ4v) is 7.49. The van der Waals surface area contributed by atoms with Crippen LogP contribution in [0.5, 0.6) is 0 Å². The Hall–Kier alpha value is -1.90. The molecule has 0 aromatic carbocycles. The Morgan fingerprint density at radius 1 is 1.20 bits per heavy atom. The van der Waals surface area contributed by atoms with Crippen molar-refractivity contribution in [2.24, 2.45) is 28.6 Å². The zero-order chi connectivity index (χ0) is 25.6. The second kappa shape index (κ2) is 9.52. The Morgan fingerprint density at radius 3 is 2.63 bits per heavy atom. The summed E-state index contributed by atoms with van der Waals surface area (Å²) in [6.07, 6.45) is 6.15. The van der Waals surface area contributed by atoms with Gasteiger partial charge in [-0.15, -0.1) is 0 Å². The van der Waals surface area contributed by atoms with Crippen molar-refractivity contribution in [3.05, 3.63) is 23.8 Å². The number of allylic oxidation sites excluding steroid dienone is 4. The number of hydrogen-bond donors (Lipinski definition) is 1. The lowest BCUT2D eigenvalue weighted by molar-refractivity contribution is -0.177. The van der Waals surface area contributed by atoms with Crippen molar-refractivity contribution >= 4 is 17.5 Å². The highest BCUT2D eigenvalue weighted by Gasteiger charge is 2.67. The van der Waals surface area contributed by atoms with Crippen LogP contribution in [0.3, 0.4) is 0 Å². The normalized spacial score (nSPS) is 39.7. The van der Waals surface area contributed by atoms with Crippen molar-refractivity contribution < 1.29 is 38.1 Å². The first-order chi connectivity index (χ1) is 16.5. The molecule has 194 valence electrons. The summed E-state index contributed by atoms with van der Waals surface area (Å²) >= 11 is 0. The molecule has 0 radical (unpaired) electrons. The van der Waals surface area contributed by atoms with Crippen LogP contribution in [-0.4, -0.2) is 61.0 Å². The standard InChI is InChI=1S/C27H37FO7/c1-16(29)23(35-15-33-4)24(32)34-14-22(31)21-8-7-19-20-6-5-17-13-18(30)9-10-26(17,3)27(20,28)12-11-25(19,21)2/h9-10,13,16,19-21,23,29H,5-8,11-12,14-15H2,1-4H3/t16?,19-,20-,21+,23?,25-,26-,27+/m0/s1. The van der Waals surface area contributed by atoms with Crippen LogP contribution in [0, 0.1) is 28.6 Å². The van der Waals surface area contributed by atoms with Gasteiger partial charge in [0.1, 0.15) is 19.1 Å². The molecule has 0 heterocycles. The summed E-state index contributed by atoms with van der Waals surface area (Å²) in [5, 5.41) is 9.80. The lowest BCUT2D eigenvalue weighted by Gasteiger charge is -2.60. The number of carbonyl (C=O) groups is 3. The third kappa shape index (κ3) is 4.21. The van der Waals surface area contributed by atoms with Gasteiger partial charge in [-0.3, -0.25) is 9.59 Å². The van der Waals surface area contributed by atoms with Gasteiger partial charge in [-0.1, -0.05) is 18.6 Å². The van der Waals surface area contributed by atoms with E-state index in [2.05, 4.69) is 6.92 Å². The smallest absolute Gasteiger partial charge is 0.338 e. The molecule has 0 aromatic rings. The van der Waals surface area contributed by atoms with Crippen molar-refractivity contribution in [2.75, 3.05) is 20.5 Å². The number of methoxy groups -OCH3 is 1. The number of fused-ring (bicyclic) bond motifs is 5. The molecule has 8 atom stereocenters. The Balaban J connectivity index is 1.46. The second-order valence-electron chi connectivity index (χ2n) is 11.2. The van der Waals surface area contributed by atoms with E-state index in [4.69, 9.17) is 14.2 Å². The first kappa shape index (κ1) is 26.2. The van der Waals surface area contributed by atoms with E-state index in [0.29, 0.717) is 32.1 Å². The largest absolute Gasteiger partial charge is 0.456 e. The fourth-order valence-electron chi connectivity index (χ4n) is 7.49. The number of Topliss-reactive ketones (excluding diaryl/α,β-unsaturated/α-hetero) is 1. The molecular weight excluding hydrogens is 455 g/mol. The highest BCUT2D eigenvalue weighted by Crippen LogP contribution is 2.68. The lowest BCUT2D eigenvalue weighted by atomic mass is 9.46. The molecule has 4 rings (SSSR count). The maximum Gasteiger partial charge on any atom is 0.338 e. The van der Waals surface area contributed by atoms with Crippen molar-refractivity contribution in [3.8, 4) is 0 Å². The molecule has 4 aliphatic carbocycles. The molecule has 0 aromatic heterocycles. The van der Waals surface area contributed by atoms with Crippen LogP contribution in [0.4, 0.5) is 4.39 Å². The van der Waals surface area contributed by atoms with Crippen LogP contribution < -0.4 is 0 Å². The molecule has 0 saturated heterocycles. The molecular formula is C27H37FO7. The predicted octanol–water partition coefficient (Wildman–Crippen LogP) is 3.48. The van der Waals surface area contributed by atoms with Crippen LogP contribution in [0.15, 0.2) is 23.8 Å². The van der Waals surface area contributed by atoms with E-state index in [9.17, 15) is 19.5 Å². The monoisotopic (exact) mass is 492 g/mol. The van der Waals surface area contributed by atoms with Crippen LogP contribution >= 0.6 is 0 Å². The van der Waals surface area contributed by atoms with E-state index in [-0.39, 0.29) is 41.5 Å². The van der Waals surface area contributed by atoms with Crippen molar-refractivity contribution in [1.82, 2.24) is 0 Å². The van der Waals surface area contributed by atoms with Gasteiger partial charge < -0.3 is 19.3 Å². The van der Waals surface area contributed by atoms with E-state index in [1.54, 1.807) is 12.2 Å². The molecule has 7 nitrogen and oxygen atoms in total. The summed E-state index contributed by atoms with van der Waals surface area (Å²) in [5.41, 5.74) is -1.73. The van der Waals surface area contributed by atoms with Gasteiger partial charge in [-0.05, 0) is 81.8 Å². The van der Waals surface area contributed by atoms with Gasteiger partial charge >= 0.3 is 5.97 Å². The molecule has 3 saturated carbocycles. The van der Waals surface area contributed by atoms with Gasteiger partial charge in [-0.2, -0.15) is 0 Å². The summed E-state index contributed by atoms with van der Waals surface area (Å²) in [5.74, 6) is -1.52. The molecule has 0 spiro atoms. The minimum absolute atomic E-state index is 0.0468. The quantitative estimate of drug-likeness (QED) is 0.409. The Bertz CT molecular complexity index is 942. The molecule has 0 aliphatic heterocycles. The SMILES string of the molecule is COCOC(C(=O)OCC(=O)[C@H]1CC[C@H]2[C@@H]3CCC4=CC(=O)C=C[C@]4(C)[C@@]3(F)CC[C@]12C)C(C)O. The lowest BCUT2D eigenvalue weighted by Crippen LogP contribution is -2.60. The van der Waals surface area contributed by atoms with E-state index in [1.165, 1.54) is 20.1 Å². The number of rotatable bonds is 8. The van der Waals surface area contributed by atoms with E-state index < -0.39 is 35.9 Å². The maximum atomic E-state index is 16.9. The topological polar surface area (TPSA) is 99.1 Å². The molecule has 35 heavy (non-hydrogen) atoms. The van der Waals surface area contributed by atoms with Gasteiger partial charge in [0.05, 0.1) is 6.10 Å². The minimum atomic E-state index is -1.45. The van der Waals surface area contributed by atoms with Crippen molar-refractivity contribution in [1.29, 1.82) is 0 Å². The summed E-state index contributed by atoms with van der Waals surface area (Å²) in [4.78, 5) is 37.6. The average Bonchev–Trinajstić information content (AvgIpc) is 3.16. The maximum absolute atomic E-state index is 16.9. The third-order valence-corrected chi connectivity index (χ3v) is 9.44. The van der Waals surface area contributed by atoms with Crippen LogP contribution in [0.2, 0.25) is 0 Å². The van der Waals surface area contributed by atoms with Gasteiger partial charge in [0, 0.05) is 18.4 Å². The molecule has 0 amide bonds. The van der Waals surface area contributed by atoms with Crippen molar-refractivity contribution in [3.63, 3.8) is 0 Å². The number of aliphatic hydroxyl groups is 1. The summed E-state index contributed by atoms with van der Waals surface area (Å²) in [7, 11) is 1.40. The van der Waals surface area contributed by atoms with E-state index >= 15 is 4.39 Å². The molecule has 3 fully saturated rings. The number of halogens is 1. The molecule has 8 heteroatoms. The number of alkyl halides is 1. The van der Waals surface area contributed by atoms with Crippen LogP contribution in [0.25, 0.3) is 0 Å². The summed E-state index contributed by atoms with van der Waals surface area (Å²) < 4.78 is 32.1. The number of esters is 1. The van der Waals surface area contributed by atoms with Gasteiger partial charge in [-0.25, -0.2) is 9.18 Å². The van der Waals surface area contributed by atoms with Gasteiger partial charge in [0.2, 0.25) is 0 Å². The summed E-state index contributed by atoms with van der Waals surface area (Å²) in [6, 6.07) is 0. The number of aliphatic hydroxyl groups excluding tert-OH is 1. The number of ether oxygens (including phenoxy) is 3.